The number of halogens is 1. The molecule has 4 heteroatoms. The predicted molar refractivity (Wildman–Crippen MR) is 58.5 cm³/mol. The average molecular weight is 218 g/mol. The number of amides is 1. The van der Waals surface area contributed by atoms with Crippen LogP contribution in [-0.2, 0) is 6.54 Å². The molecule has 0 aliphatic rings. The Bertz CT molecular complexity index is 502. The number of hydrogen-bond acceptors (Lipinski definition) is 1. The van der Waals surface area contributed by atoms with Crippen molar-refractivity contribution < 1.29 is 9.18 Å². The second-order valence-electron chi connectivity index (χ2n) is 3.51. The topological polar surface area (TPSA) is 48.0 Å². The summed E-state index contributed by atoms with van der Waals surface area (Å²) in [5.41, 5.74) is 6.58. The molecule has 0 spiro atoms. The highest BCUT2D eigenvalue weighted by atomic mass is 19.1. The van der Waals surface area contributed by atoms with E-state index in [0.717, 1.165) is 5.56 Å². The summed E-state index contributed by atoms with van der Waals surface area (Å²) in [5.74, 6) is -0.738. The Balaban J connectivity index is 2.23. The van der Waals surface area contributed by atoms with Crippen LogP contribution in [0.15, 0.2) is 42.6 Å². The van der Waals surface area contributed by atoms with E-state index in [2.05, 4.69) is 0 Å². The van der Waals surface area contributed by atoms with Gasteiger partial charge >= 0.3 is 0 Å². The first kappa shape index (κ1) is 10.4. The molecule has 0 fully saturated rings. The van der Waals surface area contributed by atoms with Crippen molar-refractivity contribution in [1.29, 1.82) is 0 Å². The van der Waals surface area contributed by atoms with Crippen LogP contribution in [0, 0.1) is 5.82 Å². The minimum atomic E-state index is -0.466. The van der Waals surface area contributed by atoms with Crippen molar-refractivity contribution in [3.8, 4) is 0 Å². The summed E-state index contributed by atoms with van der Waals surface area (Å²) < 4.78 is 14.4. The van der Waals surface area contributed by atoms with Crippen LogP contribution in [0.3, 0.4) is 0 Å². The van der Waals surface area contributed by atoms with Crippen molar-refractivity contribution >= 4 is 5.91 Å². The van der Waals surface area contributed by atoms with Crippen LogP contribution in [-0.4, -0.2) is 10.5 Å². The maximum atomic E-state index is 12.7. The molecule has 2 rings (SSSR count). The van der Waals surface area contributed by atoms with E-state index in [-0.39, 0.29) is 5.82 Å². The van der Waals surface area contributed by atoms with Crippen LogP contribution >= 0.6 is 0 Å². The number of carbonyl (C=O) groups excluding carboxylic acids is 1. The molecule has 0 saturated carbocycles. The number of nitrogens with two attached hydrogens (primary N) is 1. The molecule has 0 bridgehead atoms. The number of benzene rings is 1. The summed E-state index contributed by atoms with van der Waals surface area (Å²) in [4.78, 5) is 11.1. The Morgan fingerprint density at radius 2 is 1.94 bits per heavy atom. The second kappa shape index (κ2) is 4.18. The minimum absolute atomic E-state index is 0.272. The van der Waals surface area contributed by atoms with Gasteiger partial charge in [0.15, 0.2) is 0 Å². The third kappa shape index (κ3) is 2.11. The van der Waals surface area contributed by atoms with Gasteiger partial charge < -0.3 is 10.3 Å². The minimum Gasteiger partial charge on any atom is -0.364 e. The summed E-state index contributed by atoms with van der Waals surface area (Å²) in [6.45, 7) is 0.506. The second-order valence-corrected chi connectivity index (χ2v) is 3.51. The lowest BCUT2D eigenvalue weighted by molar-refractivity contribution is 0.0992. The van der Waals surface area contributed by atoms with Gasteiger partial charge in [0.2, 0.25) is 0 Å². The number of nitrogens with zero attached hydrogens (tertiary/aromatic N) is 1. The molecule has 1 aromatic heterocycles. The fourth-order valence-electron chi connectivity index (χ4n) is 1.56. The lowest BCUT2D eigenvalue weighted by Gasteiger charge is -2.06. The van der Waals surface area contributed by atoms with Crippen LogP contribution in [0.25, 0.3) is 0 Å². The van der Waals surface area contributed by atoms with Crippen LogP contribution in [0.5, 0.6) is 0 Å². The number of carbonyl (C=O) groups is 1. The van der Waals surface area contributed by atoms with E-state index in [0.29, 0.717) is 12.2 Å². The van der Waals surface area contributed by atoms with E-state index in [1.165, 1.54) is 12.1 Å². The largest absolute Gasteiger partial charge is 0.364 e. The molecule has 2 aromatic rings. The zero-order valence-electron chi connectivity index (χ0n) is 8.56. The normalized spacial score (nSPS) is 10.3. The molecule has 1 amide bonds. The maximum Gasteiger partial charge on any atom is 0.265 e. The van der Waals surface area contributed by atoms with Gasteiger partial charge in [-0.15, -0.1) is 0 Å². The maximum absolute atomic E-state index is 12.7. The lowest BCUT2D eigenvalue weighted by Crippen LogP contribution is -2.16. The first-order valence-corrected chi connectivity index (χ1v) is 4.86. The highest BCUT2D eigenvalue weighted by molar-refractivity contribution is 5.91. The molecule has 0 saturated heterocycles. The SMILES string of the molecule is NC(=O)c1cccn1Cc1ccc(F)cc1. The predicted octanol–water partition coefficient (Wildman–Crippen LogP) is 1.77. The molecule has 1 heterocycles. The van der Waals surface area contributed by atoms with Crippen molar-refractivity contribution in [1.82, 2.24) is 4.57 Å². The Kier molecular flexibility index (Phi) is 2.72. The van der Waals surface area contributed by atoms with Crippen LogP contribution < -0.4 is 5.73 Å². The van der Waals surface area contributed by atoms with E-state index in [1.54, 1.807) is 35.0 Å². The van der Waals surface area contributed by atoms with Crippen LogP contribution in [0.4, 0.5) is 4.39 Å². The van der Waals surface area contributed by atoms with E-state index in [1.807, 2.05) is 0 Å². The van der Waals surface area contributed by atoms with Gasteiger partial charge in [-0.2, -0.15) is 0 Å². The highest BCUT2D eigenvalue weighted by Crippen LogP contribution is 2.08. The molecule has 1 aromatic carbocycles. The molecule has 0 radical (unpaired) electrons. The third-order valence-electron chi connectivity index (χ3n) is 2.35. The number of rotatable bonds is 3. The van der Waals surface area contributed by atoms with Crippen molar-refractivity contribution in [2.24, 2.45) is 5.73 Å². The molecule has 16 heavy (non-hydrogen) atoms. The number of hydrogen-bond donors (Lipinski definition) is 1. The molecule has 0 aliphatic carbocycles. The molecule has 0 aliphatic heterocycles. The van der Waals surface area contributed by atoms with Crippen molar-refractivity contribution in [2.75, 3.05) is 0 Å². The van der Waals surface area contributed by atoms with Gasteiger partial charge in [0.05, 0.1) is 0 Å². The zero-order valence-corrected chi connectivity index (χ0v) is 8.56. The summed E-state index contributed by atoms with van der Waals surface area (Å²) in [6.07, 6.45) is 1.77. The van der Waals surface area contributed by atoms with Gasteiger partial charge in [-0.1, -0.05) is 12.1 Å². The van der Waals surface area contributed by atoms with E-state index < -0.39 is 5.91 Å². The Morgan fingerprint density at radius 3 is 2.56 bits per heavy atom. The molecule has 0 unspecified atom stereocenters. The smallest absolute Gasteiger partial charge is 0.265 e. The monoisotopic (exact) mass is 218 g/mol. The summed E-state index contributed by atoms with van der Waals surface area (Å²) in [7, 11) is 0. The number of aromatic nitrogens is 1. The van der Waals surface area contributed by atoms with Gasteiger partial charge in [-0.25, -0.2) is 4.39 Å². The lowest BCUT2D eigenvalue weighted by atomic mass is 10.2. The molecule has 3 nitrogen and oxygen atoms in total. The average Bonchev–Trinajstić information content (AvgIpc) is 2.69. The zero-order chi connectivity index (χ0) is 11.5. The standard InChI is InChI=1S/C12H11FN2O/c13-10-5-3-9(4-6-10)8-15-7-1-2-11(15)12(14)16/h1-7H,8H2,(H2,14,16). The molecule has 82 valence electrons. The van der Waals surface area contributed by atoms with E-state index in [4.69, 9.17) is 5.73 Å². The first-order chi connectivity index (χ1) is 7.66. The quantitative estimate of drug-likeness (QED) is 0.838. The fourth-order valence-corrected chi connectivity index (χ4v) is 1.56. The number of primary amides is 1. The van der Waals surface area contributed by atoms with Crippen LogP contribution in [0.2, 0.25) is 0 Å². The summed E-state index contributed by atoms with van der Waals surface area (Å²) >= 11 is 0. The van der Waals surface area contributed by atoms with Gasteiger partial charge in [0.25, 0.3) is 5.91 Å². The highest BCUT2D eigenvalue weighted by Gasteiger charge is 2.06. The third-order valence-corrected chi connectivity index (χ3v) is 2.35. The van der Waals surface area contributed by atoms with Crippen molar-refractivity contribution in [3.63, 3.8) is 0 Å². The van der Waals surface area contributed by atoms with Crippen molar-refractivity contribution in [2.45, 2.75) is 6.54 Å². The van der Waals surface area contributed by atoms with Crippen LogP contribution in [0.1, 0.15) is 16.1 Å². The van der Waals surface area contributed by atoms with Gasteiger partial charge in [0, 0.05) is 12.7 Å². The van der Waals surface area contributed by atoms with Crippen molar-refractivity contribution in [3.05, 3.63) is 59.7 Å². The summed E-state index contributed by atoms with van der Waals surface area (Å²) in [6, 6.07) is 9.56. The Morgan fingerprint density at radius 1 is 1.25 bits per heavy atom. The van der Waals surface area contributed by atoms with Gasteiger partial charge in [-0.05, 0) is 29.8 Å². The molecular formula is C12H11FN2O. The Labute approximate surface area is 92.3 Å². The van der Waals surface area contributed by atoms with E-state index in [9.17, 15) is 9.18 Å². The fraction of sp³-hybridized carbons (Fsp3) is 0.0833. The molecule has 2 N–H and O–H groups in total. The van der Waals surface area contributed by atoms with E-state index >= 15 is 0 Å². The molecular weight excluding hydrogens is 207 g/mol. The van der Waals surface area contributed by atoms with Gasteiger partial charge in [-0.3, -0.25) is 4.79 Å². The Hall–Kier alpha value is -2.10. The summed E-state index contributed by atoms with van der Waals surface area (Å²) in [5, 5.41) is 0. The molecule has 0 atom stereocenters. The van der Waals surface area contributed by atoms with Gasteiger partial charge in [0.1, 0.15) is 11.5 Å². The first-order valence-electron chi connectivity index (χ1n) is 4.86.